The predicted octanol–water partition coefficient (Wildman–Crippen LogP) is 2.24. The summed E-state index contributed by atoms with van der Waals surface area (Å²) in [4.78, 5) is 8.14. The number of benzene rings is 1. The maximum absolute atomic E-state index is 12.2. The van der Waals surface area contributed by atoms with E-state index in [2.05, 4.69) is 30.6 Å². The van der Waals surface area contributed by atoms with Gasteiger partial charge in [-0.05, 0) is 54.0 Å². The molecule has 0 aliphatic carbocycles. The Morgan fingerprint density at radius 3 is 2.30 bits per heavy atom. The third-order valence-corrected chi connectivity index (χ3v) is 4.53. The molecular weight excluding hydrogens is 344 g/mol. The van der Waals surface area contributed by atoms with E-state index in [1.807, 2.05) is 0 Å². The van der Waals surface area contributed by atoms with Crippen molar-refractivity contribution in [2.45, 2.75) is 18.7 Å². The summed E-state index contributed by atoms with van der Waals surface area (Å²) in [6.45, 7) is 3.54. The average Bonchev–Trinajstić information content (AvgIpc) is 2.30. The van der Waals surface area contributed by atoms with Gasteiger partial charge >= 0.3 is 0 Å². The molecule has 20 heavy (non-hydrogen) atoms. The number of halogens is 1. The predicted molar refractivity (Wildman–Crippen MR) is 80.9 cm³/mol. The summed E-state index contributed by atoms with van der Waals surface area (Å²) in [5.41, 5.74) is 7.40. The van der Waals surface area contributed by atoms with Crippen LogP contribution in [0.3, 0.4) is 0 Å². The average molecular weight is 357 g/mol. The molecule has 0 bridgehead atoms. The molecule has 1 aromatic carbocycles. The third-order valence-electron chi connectivity index (χ3n) is 2.49. The van der Waals surface area contributed by atoms with Gasteiger partial charge in [-0.3, -0.25) is 0 Å². The molecule has 0 saturated carbocycles. The van der Waals surface area contributed by atoms with Crippen LogP contribution in [-0.2, 0) is 10.0 Å². The molecule has 0 saturated heterocycles. The molecule has 8 heteroatoms. The van der Waals surface area contributed by atoms with Crippen LogP contribution in [0.15, 0.2) is 33.6 Å². The van der Waals surface area contributed by atoms with Crippen molar-refractivity contribution < 1.29 is 8.42 Å². The quantitative estimate of drug-likeness (QED) is 0.821. The second-order valence-electron chi connectivity index (χ2n) is 4.26. The van der Waals surface area contributed by atoms with E-state index in [-0.39, 0.29) is 10.8 Å². The number of aryl methyl sites for hydroxylation is 2. The summed E-state index contributed by atoms with van der Waals surface area (Å²) in [5.74, 6) is 0.0454. The number of hydrogen-bond acceptors (Lipinski definition) is 5. The number of nitrogens with two attached hydrogens (primary N) is 1. The number of nitrogens with zero attached hydrogens (tertiary/aromatic N) is 2. The molecule has 0 aliphatic heterocycles. The summed E-state index contributed by atoms with van der Waals surface area (Å²) in [5, 5.41) is 0. The standard InChI is InChI=1S/C12H13BrN4O2S/c1-7-5-8(2)16-12(15-7)17-20(18,19)9-3-4-10(13)11(14)6-9/h3-6H,14H2,1-2H3,(H,15,16,17). The molecule has 0 atom stereocenters. The van der Waals surface area contributed by atoms with E-state index in [9.17, 15) is 8.42 Å². The number of nitrogens with one attached hydrogen (secondary N) is 1. The fourth-order valence-corrected chi connectivity index (χ4v) is 2.87. The Hall–Kier alpha value is -1.67. The van der Waals surface area contributed by atoms with Crippen LogP contribution in [0.2, 0.25) is 0 Å². The van der Waals surface area contributed by atoms with Gasteiger partial charge in [0.25, 0.3) is 10.0 Å². The first kappa shape index (κ1) is 14.7. The Labute approximate surface area is 125 Å². The topological polar surface area (TPSA) is 98.0 Å². The van der Waals surface area contributed by atoms with Gasteiger partial charge in [-0.2, -0.15) is 0 Å². The summed E-state index contributed by atoms with van der Waals surface area (Å²) in [7, 11) is -3.76. The Bertz CT molecular complexity index is 742. The largest absolute Gasteiger partial charge is 0.398 e. The van der Waals surface area contributed by atoms with E-state index in [1.54, 1.807) is 26.0 Å². The molecule has 6 nitrogen and oxygen atoms in total. The molecule has 0 spiro atoms. The molecule has 106 valence electrons. The zero-order valence-electron chi connectivity index (χ0n) is 10.9. The van der Waals surface area contributed by atoms with E-state index in [0.717, 1.165) is 0 Å². The summed E-state index contributed by atoms with van der Waals surface area (Å²) < 4.78 is 27.4. The smallest absolute Gasteiger partial charge is 0.264 e. The lowest BCUT2D eigenvalue weighted by Gasteiger charge is -2.09. The summed E-state index contributed by atoms with van der Waals surface area (Å²) in [6, 6.07) is 6.15. The van der Waals surface area contributed by atoms with Crippen molar-refractivity contribution in [2.75, 3.05) is 10.5 Å². The first-order valence-electron chi connectivity index (χ1n) is 5.68. The first-order valence-corrected chi connectivity index (χ1v) is 7.96. The van der Waals surface area contributed by atoms with Gasteiger partial charge < -0.3 is 5.73 Å². The number of sulfonamides is 1. The molecular formula is C12H13BrN4O2S. The van der Waals surface area contributed by atoms with E-state index in [4.69, 9.17) is 5.73 Å². The fourth-order valence-electron chi connectivity index (χ4n) is 1.64. The van der Waals surface area contributed by atoms with Crippen LogP contribution in [0.5, 0.6) is 0 Å². The third kappa shape index (κ3) is 3.26. The van der Waals surface area contributed by atoms with Crippen molar-refractivity contribution in [1.82, 2.24) is 9.97 Å². The van der Waals surface area contributed by atoms with Crippen LogP contribution < -0.4 is 10.5 Å². The zero-order valence-corrected chi connectivity index (χ0v) is 13.3. The Morgan fingerprint density at radius 2 is 1.75 bits per heavy atom. The molecule has 3 N–H and O–H groups in total. The Morgan fingerprint density at radius 1 is 1.15 bits per heavy atom. The summed E-state index contributed by atoms with van der Waals surface area (Å²) in [6.07, 6.45) is 0. The normalized spacial score (nSPS) is 11.3. The maximum Gasteiger partial charge on any atom is 0.264 e. The molecule has 0 radical (unpaired) electrons. The van der Waals surface area contributed by atoms with Crippen LogP contribution in [-0.4, -0.2) is 18.4 Å². The van der Waals surface area contributed by atoms with Gasteiger partial charge in [-0.25, -0.2) is 23.1 Å². The van der Waals surface area contributed by atoms with E-state index >= 15 is 0 Å². The van der Waals surface area contributed by atoms with Gasteiger partial charge in [0, 0.05) is 21.5 Å². The van der Waals surface area contributed by atoms with Crippen molar-refractivity contribution >= 4 is 37.6 Å². The number of anilines is 2. The molecule has 1 heterocycles. The minimum absolute atomic E-state index is 0.0454. The van der Waals surface area contributed by atoms with Crippen molar-refractivity contribution in [3.05, 3.63) is 40.1 Å². The van der Waals surface area contributed by atoms with Crippen molar-refractivity contribution in [3.8, 4) is 0 Å². The lowest BCUT2D eigenvalue weighted by atomic mass is 10.3. The SMILES string of the molecule is Cc1cc(C)nc(NS(=O)(=O)c2ccc(Br)c(N)c2)n1. The highest BCUT2D eigenvalue weighted by atomic mass is 79.9. The van der Waals surface area contributed by atoms with Crippen LogP contribution in [0.25, 0.3) is 0 Å². The molecule has 0 fully saturated rings. The highest BCUT2D eigenvalue weighted by molar-refractivity contribution is 9.10. The number of nitrogen functional groups attached to an aromatic ring is 1. The highest BCUT2D eigenvalue weighted by Gasteiger charge is 2.17. The zero-order chi connectivity index (χ0) is 14.9. The van der Waals surface area contributed by atoms with Crippen molar-refractivity contribution in [1.29, 1.82) is 0 Å². The summed E-state index contributed by atoms with van der Waals surface area (Å²) >= 11 is 3.22. The second kappa shape index (κ2) is 5.37. The van der Waals surface area contributed by atoms with Crippen molar-refractivity contribution in [3.63, 3.8) is 0 Å². The van der Waals surface area contributed by atoms with Crippen LogP contribution in [0.4, 0.5) is 11.6 Å². The van der Waals surface area contributed by atoms with Crippen LogP contribution >= 0.6 is 15.9 Å². The lowest BCUT2D eigenvalue weighted by molar-refractivity contribution is 0.601. The van der Waals surface area contributed by atoms with Crippen LogP contribution in [0, 0.1) is 13.8 Å². The molecule has 0 aliphatic rings. The molecule has 2 rings (SSSR count). The fraction of sp³-hybridized carbons (Fsp3) is 0.167. The van der Waals surface area contributed by atoms with Crippen LogP contribution in [0.1, 0.15) is 11.4 Å². The molecule has 0 unspecified atom stereocenters. The van der Waals surface area contributed by atoms with Gasteiger partial charge in [0.15, 0.2) is 0 Å². The van der Waals surface area contributed by atoms with E-state index in [1.165, 1.54) is 12.1 Å². The van der Waals surface area contributed by atoms with E-state index in [0.29, 0.717) is 21.5 Å². The second-order valence-corrected chi connectivity index (χ2v) is 6.80. The van der Waals surface area contributed by atoms with Gasteiger partial charge in [0.1, 0.15) is 0 Å². The molecule has 1 aromatic heterocycles. The Kier molecular flexibility index (Phi) is 3.96. The lowest BCUT2D eigenvalue weighted by Crippen LogP contribution is -2.16. The monoisotopic (exact) mass is 356 g/mol. The highest BCUT2D eigenvalue weighted by Crippen LogP contribution is 2.23. The van der Waals surface area contributed by atoms with Gasteiger partial charge in [-0.15, -0.1) is 0 Å². The molecule has 0 amide bonds. The Balaban J connectivity index is 2.37. The van der Waals surface area contributed by atoms with E-state index < -0.39 is 10.0 Å². The minimum Gasteiger partial charge on any atom is -0.398 e. The maximum atomic E-state index is 12.2. The number of rotatable bonds is 3. The van der Waals surface area contributed by atoms with Crippen molar-refractivity contribution in [2.24, 2.45) is 0 Å². The van der Waals surface area contributed by atoms with Gasteiger partial charge in [0.2, 0.25) is 5.95 Å². The number of aromatic nitrogens is 2. The first-order chi connectivity index (χ1) is 9.28. The van der Waals surface area contributed by atoms with Gasteiger partial charge in [-0.1, -0.05) is 0 Å². The number of hydrogen-bond donors (Lipinski definition) is 2. The minimum atomic E-state index is -3.76. The van der Waals surface area contributed by atoms with Gasteiger partial charge in [0.05, 0.1) is 4.90 Å². The molecule has 2 aromatic rings.